The molecule has 22 heavy (non-hydrogen) atoms. The summed E-state index contributed by atoms with van der Waals surface area (Å²) < 4.78 is 11.9. The standard InChI is InChI=1S/C18H14BrNO2/c1-21-14-8-6-13(7-9-14)20-12-15-10-11-18(22-15)16-4-2-3-5-17(16)19/h2-12H,1H3. The fraction of sp³-hybridized carbons (Fsp3) is 0.0556. The van der Waals surface area contributed by atoms with Gasteiger partial charge >= 0.3 is 0 Å². The Kier molecular flexibility index (Phi) is 4.39. The van der Waals surface area contributed by atoms with E-state index in [2.05, 4.69) is 20.9 Å². The Morgan fingerprint density at radius 3 is 2.50 bits per heavy atom. The third kappa shape index (κ3) is 3.28. The molecular formula is C18H14BrNO2. The van der Waals surface area contributed by atoms with E-state index in [-0.39, 0.29) is 0 Å². The summed E-state index contributed by atoms with van der Waals surface area (Å²) in [6, 6.07) is 19.3. The van der Waals surface area contributed by atoms with E-state index in [1.54, 1.807) is 13.3 Å². The zero-order chi connectivity index (χ0) is 15.4. The molecule has 3 aromatic rings. The van der Waals surface area contributed by atoms with E-state index in [0.717, 1.165) is 27.2 Å². The molecule has 0 radical (unpaired) electrons. The molecular weight excluding hydrogens is 342 g/mol. The molecule has 110 valence electrons. The van der Waals surface area contributed by atoms with E-state index in [1.807, 2.05) is 60.7 Å². The van der Waals surface area contributed by atoms with Crippen LogP contribution >= 0.6 is 15.9 Å². The van der Waals surface area contributed by atoms with Gasteiger partial charge in [-0.2, -0.15) is 0 Å². The molecule has 1 heterocycles. The van der Waals surface area contributed by atoms with Crippen molar-refractivity contribution in [3.05, 3.63) is 70.9 Å². The maximum atomic E-state index is 5.81. The second kappa shape index (κ2) is 6.62. The Labute approximate surface area is 137 Å². The fourth-order valence-corrected chi connectivity index (χ4v) is 2.51. The molecule has 0 spiro atoms. The second-order valence-electron chi connectivity index (χ2n) is 4.64. The van der Waals surface area contributed by atoms with Crippen LogP contribution < -0.4 is 4.74 Å². The monoisotopic (exact) mass is 355 g/mol. The quantitative estimate of drug-likeness (QED) is 0.581. The van der Waals surface area contributed by atoms with Crippen molar-refractivity contribution >= 4 is 27.8 Å². The molecule has 3 rings (SSSR count). The normalized spacial score (nSPS) is 11.0. The number of aliphatic imine (C=N–C) groups is 1. The smallest absolute Gasteiger partial charge is 0.145 e. The molecule has 0 aliphatic carbocycles. The van der Waals surface area contributed by atoms with Crippen molar-refractivity contribution in [3.63, 3.8) is 0 Å². The van der Waals surface area contributed by atoms with Crippen LogP contribution in [0.3, 0.4) is 0 Å². The molecule has 0 N–H and O–H groups in total. The Hall–Kier alpha value is -2.33. The highest BCUT2D eigenvalue weighted by atomic mass is 79.9. The van der Waals surface area contributed by atoms with Gasteiger partial charge in [0.25, 0.3) is 0 Å². The molecule has 0 saturated heterocycles. The van der Waals surface area contributed by atoms with Crippen molar-refractivity contribution in [2.24, 2.45) is 4.99 Å². The van der Waals surface area contributed by atoms with Crippen LogP contribution in [0.2, 0.25) is 0 Å². The molecule has 0 bridgehead atoms. The molecule has 4 heteroatoms. The van der Waals surface area contributed by atoms with Crippen molar-refractivity contribution in [3.8, 4) is 17.1 Å². The highest BCUT2D eigenvalue weighted by Gasteiger charge is 2.06. The molecule has 0 amide bonds. The Morgan fingerprint density at radius 2 is 1.77 bits per heavy atom. The number of halogens is 1. The number of methoxy groups -OCH3 is 1. The second-order valence-corrected chi connectivity index (χ2v) is 5.49. The van der Waals surface area contributed by atoms with Gasteiger partial charge in [0, 0.05) is 10.0 Å². The highest BCUT2D eigenvalue weighted by molar-refractivity contribution is 9.10. The Bertz CT molecular complexity index is 791. The van der Waals surface area contributed by atoms with Gasteiger partial charge in [-0.15, -0.1) is 0 Å². The fourth-order valence-electron chi connectivity index (χ4n) is 2.03. The number of ether oxygens (including phenoxy) is 1. The minimum absolute atomic E-state index is 0.710. The minimum atomic E-state index is 0.710. The maximum Gasteiger partial charge on any atom is 0.145 e. The number of benzene rings is 2. The molecule has 0 aliphatic heterocycles. The summed E-state index contributed by atoms with van der Waals surface area (Å²) in [5.41, 5.74) is 1.87. The van der Waals surface area contributed by atoms with E-state index < -0.39 is 0 Å². The summed E-state index contributed by atoms with van der Waals surface area (Å²) >= 11 is 3.53. The van der Waals surface area contributed by atoms with Crippen LogP contribution in [0, 0.1) is 0 Å². The number of hydrogen-bond donors (Lipinski definition) is 0. The Morgan fingerprint density at radius 1 is 1.00 bits per heavy atom. The van der Waals surface area contributed by atoms with Crippen LogP contribution in [0.5, 0.6) is 5.75 Å². The largest absolute Gasteiger partial charge is 0.497 e. The summed E-state index contributed by atoms with van der Waals surface area (Å²) in [6.45, 7) is 0. The summed E-state index contributed by atoms with van der Waals surface area (Å²) in [7, 11) is 1.64. The van der Waals surface area contributed by atoms with Gasteiger partial charge in [0.1, 0.15) is 17.3 Å². The average Bonchev–Trinajstić information content (AvgIpc) is 3.02. The van der Waals surface area contributed by atoms with Gasteiger partial charge in [0.2, 0.25) is 0 Å². The van der Waals surface area contributed by atoms with Gasteiger partial charge in [-0.1, -0.05) is 34.1 Å². The zero-order valence-electron chi connectivity index (χ0n) is 12.0. The molecule has 1 aromatic heterocycles. The van der Waals surface area contributed by atoms with Gasteiger partial charge < -0.3 is 9.15 Å². The van der Waals surface area contributed by atoms with E-state index in [9.17, 15) is 0 Å². The van der Waals surface area contributed by atoms with Crippen molar-refractivity contribution in [2.75, 3.05) is 7.11 Å². The summed E-state index contributed by atoms with van der Waals surface area (Å²) in [6.07, 6.45) is 1.71. The SMILES string of the molecule is COc1ccc(N=Cc2ccc(-c3ccccc3Br)o2)cc1. The van der Waals surface area contributed by atoms with Crippen LogP contribution in [0.15, 0.2) is 74.5 Å². The zero-order valence-corrected chi connectivity index (χ0v) is 13.6. The summed E-state index contributed by atoms with van der Waals surface area (Å²) in [5.74, 6) is 2.33. The Balaban J connectivity index is 1.79. The van der Waals surface area contributed by atoms with Crippen LogP contribution in [-0.4, -0.2) is 13.3 Å². The number of hydrogen-bond acceptors (Lipinski definition) is 3. The summed E-state index contributed by atoms with van der Waals surface area (Å²) in [4.78, 5) is 4.40. The first-order valence-corrected chi connectivity index (χ1v) is 7.58. The van der Waals surface area contributed by atoms with Crippen LogP contribution in [0.4, 0.5) is 5.69 Å². The molecule has 0 fully saturated rings. The van der Waals surface area contributed by atoms with Crippen LogP contribution in [0.1, 0.15) is 5.76 Å². The van der Waals surface area contributed by atoms with Crippen LogP contribution in [-0.2, 0) is 0 Å². The topological polar surface area (TPSA) is 34.7 Å². The summed E-state index contributed by atoms with van der Waals surface area (Å²) in [5, 5.41) is 0. The third-order valence-electron chi connectivity index (χ3n) is 3.18. The third-order valence-corrected chi connectivity index (χ3v) is 3.87. The molecule has 0 aliphatic rings. The number of nitrogens with zero attached hydrogens (tertiary/aromatic N) is 1. The lowest BCUT2D eigenvalue weighted by Crippen LogP contribution is -1.80. The first-order valence-electron chi connectivity index (χ1n) is 6.79. The van der Waals surface area contributed by atoms with Gasteiger partial charge in [-0.3, -0.25) is 4.99 Å². The first kappa shape index (κ1) is 14.6. The van der Waals surface area contributed by atoms with Crippen molar-refractivity contribution in [1.82, 2.24) is 0 Å². The van der Waals surface area contributed by atoms with E-state index in [0.29, 0.717) is 5.76 Å². The molecule has 0 saturated carbocycles. The van der Waals surface area contributed by atoms with Gasteiger partial charge in [0.05, 0.1) is 19.0 Å². The lowest BCUT2D eigenvalue weighted by molar-refractivity contribution is 0.415. The predicted molar refractivity (Wildman–Crippen MR) is 92.1 cm³/mol. The van der Waals surface area contributed by atoms with Gasteiger partial charge in [0.15, 0.2) is 0 Å². The number of furan rings is 1. The van der Waals surface area contributed by atoms with E-state index in [1.165, 1.54) is 0 Å². The highest BCUT2D eigenvalue weighted by Crippen LogP contribution is 2.29. The first-order chi connectivity index (χ1) is 10.8. The van der Waals surface area contributed by atoms with Crippen LogP contribution in [0.25, 0.3) is 11.3 Å². The molecule has 2 aromatic carbocycles. The predicted octanol–water partition coefficient (Wildman–Crippen LogP) is 5.47. The molecule has 0 unspecified atom stereocenters. The average molecular weight is 356 g/mol. The van der Waals surface area contributed by atoms with E-state index >= 15 is 0 Å². The molecule has 3 nitrogen and oxygen atoms in total. The minimum Gasteiger partial charge on any atom is -0.497 e. The van der Waals surface area contributed by atoms with Crippen molar-refractivity contribution in [1.29, 1.82) is 0 Å². The number of rotatable bonds is 4. The molecule has 0 atom stereocenters. The van der Waals surface area contributed by atoms with E-state index in [4.69, 9.17) is 9.15 Å². The van der Waals surface area contributed by atoms with Crippen molar-refractivity contribution in [2.45, 2.75) is 0 Å². The maximum absolute atomic E-state index is 5.81. The van der Waals surface area contributed by atoms with Crippen molar-refractivity contribution < 1.29 is 9.15 Å². The lowest BCUT2D eigenvalue weighted by Gasteiger charge is -1.99. The lowest BCUT2D eigenvalue weighted by atomic mass is 10.2. The van der Waals surface area contributed by atoms with Gasteiger partial charge in [-0.25, -0.2) is 0 Å². The van der Waals surface area contributed by atoms with Gasteiger partial charge in [-0.05, 0) is 42.5 Å².